The van der Waals surface area contributed by atoms with Crippen LogP contribution in [0.5, 0.6) is 5.75 Å². The van der Waals surface area contributed by atoms with Gasteiger partial charge < -0.3 is 21.1 Å². The number of anilines is 3. The molecule has 0 aliphatic heterocycles. The lowest BCUT2D eigenvalue weighted by Gasteiger charge is -2.17. The van der Waals surface area contributed by atoms with Crippen molar-refractivity contribution >= 4 is 23.1 Å². The Morgan fingerprint density at radius 2 is 1.86 bits per heavy atom. The monoisotopic (exact) mass is 465 g/mol. The maximum absolute atomic E-state index is 12.7. The van der Waals surface area contributed by atoms with Crippen LogP contribution in [0.15, 0.2) is 103 Å². The molecule has 1 amide bonds. The van der Waals surface area contributed by atoms with Crippen LogP contribution in [-0.2, 0) is 4.79 Å². The standard InChI is InChI=1S/C28H27N5O2/c1-19(31-27-18-30-17-25(33-27)22-13-14-24(29)26(16-22)35-2)21-11-8-12-23(15-21)32-28(34)20-9-6-4-3-5-7-10-20/h3-19H,29H2,1-2H3,(H,31,33)(H,32,34)/b4-3+,5-3?,6-4?,7-5+,9-6?,10-7?,20-9?,20-10?/t19-/m0/s1. The summed E-state index contributed by atoms with van der Waals surface area (Å²) in [6.45, 7) is 2.03. The number of nitrogens with two attached hydrogens (primary N) is 1. The zero-order valence-electron chi connectivity index (χ0n) is 19.6. The van der Waals surface area contributed by atoms with Crippen LogP contribution in [0.25, 0.3) is 11.3 Å². The van der Waals surface area contributed by atoms with E-state index in [0.29, 0.717) is 34.2 Å². The smallest absolute Gasteiger partial charge is 0.255 e. The van der Waals surface area contributed by atoms with Gasteiger partial charge in [-0.25, -0.2) is 4.98 Å². The lowest BCUT2D eigenvalue weighted by Crippen LogP contribution is -2.14. The molecule has 4 N–H and O–H groups in total. The Labute approximate surface area is 204 Å². The molecule has 0 saturated carbocycles. The second kappa shape index (κ2) is 11.0. The largest absolute Gasteiger partial charge is 0.495 e. The van der Waals surface area contributed by atoms with Crippen molar-refractivity contribution in [1.29, 1.82) is 0 Å². The number of allylic oxidation sites excluding steroid dienone is 6. The van der Waals surface area contributed by atoms with Crippen LogP contribution < -0.4 is 21.1 Å². The Morgan fingerprint density at radius 3 is 2.71 bits per heavy atom. The Balaban J connectivity index is 1.47. The van der Waals surface area contributed by atoms with Crippen LogP contribution in [0.4, 0.5) is 17.2 Å². The molecule has 1 aliphatic rings. The molecule has 35 heavy (non-hydrogen) atoms. The van der Waals surface area contributed by atoms with Gasteiger partial charge in [-0.15, -0.1) is 0 Å². The Bertz CT molecular complexity index is 1340. The van der Waals surface area contributed by atoms with E-state index in [0.717, 1.165) is 11.1 Å². The molecule has 1 heterocycles. The van der Waals surface area contributed by atoms with Gasteiger partial charge in [0, 0.05) is 16.8 Å². The van der Waals surface area contributed by atoms with Crippen LogP contribution in [0, 0.1) is 0 Å². The minimum absolute atomic E-state index is 0.0778. The molecule has 2 aromatic carbocycles. The van der Waals surface area contributed by atoms with Crippen molar-refractivity contribution in [3.05, 3.63) is 109 Å². The first-order valence-electron chi connectivity index (χ1n) is 11.2. The highest BCUT2D eigenvalue weighted by molar-refractivity contribution is 6.06. The lowest BCUT2D eigenvalue weighted by atomic mass is 10.1. The molecule has 0 radical (unpaired) electrons. The van der Waals surface area contributed by atoms with Gasteiger partial charge in [-0.05, 0) is 48.9 Å². The van der Waals surface area contributed by atoms with Gasteiger partial charge in [0.1, 0.15) is 11.6 Å². The van der Waals surface area contributed by atoms with Crippen LogP contribution >= 0.6 is 0 Å². The normalized spacial score (nSPS) is 15.2. The third kappa shape index (κ3) is 6.03. The van der Waals surface area contributed by atoms with Crippen molar-refractivity contribution in [3.8, 4) is 17.0 Å². The molecule has 176 valence electrons. The predicted molar refractivity (Wildman–Crippen MR) is 141 cm³/mol. The van der Waals surface area contributed by atoms with Crippen LogP contribution in [0.1, 0.15) is 18.5 Å². The predicted octanol–water partition coefficient (Wildman–Crippen LogP) is 5.45. The van der Waals surface area contributed by atoms with E-state index in [-0.39, 0.29) is 11.9 Å². The molecule has 0 fully saturated rings. The fraction of sp³-hybridized carbons (Fsp3) is 0.107. The molecule has 3 aromatic rings. The number of methoxy groups -OCH3 is 1. The first-order chi connectivity index (χ1) is 17.0. The minimum atomic E-state index is -0.170. The average molecular weight is 466 g/mol. The number of amides is 1. The quantitative estimate of drug-likeness (QED) is 0.401. The number of hydrogen-bond acceptors (Lipinski definition) is 6. The third-order valence-electron chi connectivity index (χ3n) is 5.43. The summed E-state index contributed by atoms with van der Waals surface area (Å²) in [5.74, 6) is 1.05. The molecule has 1 aliphatic carbocycles. The zero-order chi connectivity index (χ0) is 24.6. The van der Waals surface area contributed by atoms with Gasteiger partial charge in [0.2, 0.25) is 0 Å². The number of aromatic nitrogens is 2. The van der Waals surface area contributed by atoms with Crippen molar-refractivity contribution in [1.82, 2.24) is 9.97 Å². The van der Waals surface area contributed by atoms with Crippen molar-refractivity contribution in [3.63, 3.8) is 0 Å². The molecule has 0 saturated heterocycles. The number of nitrogens with one attached hydrogen (secondary N) is 2. The number of benzene rings is 2. The summed E-state index contributed by atoms with van der Waals surface area (Å²) in [5.41, 5.74) is 10.3. The number of ether oxygens (including phenoxy) is 1. The lowest BCUT2D eigenvalue weighted by molar-refractivity contribution is -0.112. The van der Waals surface area contributed by atoms with E-state index in [1.165, 1.54) is 0 Å². The van der Waals surface area contributed by atoms with E-state index in [9.17, 15) is 4.79 Å². The summed E-state index contributed by atoms with van der Waals surface area (Å²) < 4.78 is 5.32. The van der Waals surface area contributed by atoms with Gasteiger partial charge >= 0.3 is 0 Å². The molecule has 4 rings (SSSR count). The summed E-state index contributed by atoms with van der Waals surface area (Å²) in [4.78, 5) is 21.7. The highest BCUT2D eigenvalue weighted by Gasteiger charge is 2.12. The maximum atomic E-state index is 12.7. The SMILES string of the molecule is COc1cc(-c2cncc(N[C@@H](C)c3cccc(NC(=O)C4=C/C=C/C=C/C=C4)c3)n2)ccc1N. The van der Waals surface area contributed by atoms with Crippen LogP contribution in [0.2, 0.25) is 0 Å². The molecule has 0 bridgehead atoms. The zero-order valence-corrected chi connectivity index (χ0v) is 19.6. The average Bonchev–Trinajstić information content (AvgIpc) is 2.84. The summed E-state index contributed by atoms with van der Waals surface area (Å²) in [6.07, 6.45) is 16.3. The Kier molecular flexibility index (Phi) is 7.37. The molecule has 7 nitrogen and oxygen atoms in total. The van der Waals surface area contributed by atoms with E-state index in [1.54, 1.807) is 37.7 Å². The maximum Gasteiger partial charge on any atom is 0.255 e. The second-order valence-corrected chi connectivity index (χ2v) is 7.94. The van der Waals surface area contributed by atoms with Crippen LogP contribution in [-0.4, -0.2) is 23.0 Å². The van der Waals surface area contributed by atoms with E-state index < -0.39 is 0 Å². The van der Waals surface area contributed by atoms with Gasteiger partial charge in [-0.1, -0.05) is 48.6 Å². The van der Waals surface area contributed by atoms with Gasteiger partial charge in [0.05, 0.1) is 36.9 Å². The fourth-order valence-corrected chi connectivity index (χ4v) is 3.56. The number of rotatable bonds is 7. The summed E-state index contributed by atoms with van der Waals surface area (Å²) in [6, 6.07) is 13.2. The molecule has 7 heteroatoms. The van der Waals surface area contributed by atoms with Gasteiger partial charge in [-0.2, -0.15) is 0 Å². The van der Waals surface area contributed by atoms with Crippen molar-refractivity contribution in [2.24, 2.45) is 0 Å². The number of nitrogens with zero attached hydrogens (tertiary/aromatic N) is 2. The van der Waals surface area contributed by atoms with Gasteiger partial charge in [0.15, 0.2) is 0 Å². The molecular formula is C28H27N5O2. The van der Waals surface area contributed by atoms with Gasteiger partial charge in [0.25, 0.3) is 5.91 Å². The van der Waals surface area contributed by atoms with Crippen molar-refractivity contribution in [2.75, 3.05) is 23.5 Å². The highest BCUT2D eigenvalue weighted by Crippen LogP contribution is 2.28. The number of hydrogen-bond donors (Lipinski definition) is 3. The fourth-order valence-electron chi connectivity index (χ4n) is 3.56. The molecule has 0 unspecified atom stereocenters. The Hall–Kier alpha value is -4.65. The molecule has 1 aromatic heterocycles. The number of nitrogen functional groups attached to an aromatic ring is 1. The van der Waals surface area contributed by atoms with Crippen molar-refractivity contribution < 1.29 is 9.53 Å². The minimum Gasteiger partial charge on any atom is -0.495 e. The summed E-state index contributed by atoms with van der Waals surface area (Å²) in [7, 11) is 1.58. The van der Waals surface area contributed by atoms with E-state index in [1.807, 2.05) is 73.7 Å². The van der Waals surface area contributed by atoms with Crippen molar-refractivity contribution in [2.45, 2.75) is 13.0 Å². The van der Waals surface area contributed by atoms with E-state index in [2.05, 4.69) is 15.6 Å². The third-order valence-corrected chi connectivity index (χ3v) is 5.43. The molecular weight excluding hydrogens is 438 g/mol. The molecule has 0 spiro atoms. The van der Waals surface area contributed by atoms with Crippen LogP contribution in [0.3, 0.4) is 0 Å². The topological polar surface area (TPSA) is 102 Å². The van der Waals surface area contributed by atoms with E-state index >= 15 is 0 Å². The first kappa shape index (κ1) is 23.5. The summed E-state index contributed by atoms with van der Waals surface area (Å²) in [5, 5.41) is 6.36. The summed E-state index contributed by atoms with van der Waals surface area (Å²) >= 11 is 0. The second-order valence-electron chi connectivity index (χ2n) is 7.94. The number of carbonyl (C=O) groups is 1. The first-order valence-corrected chi connectivity index (χ1v) is 11.2. The molecule has 1 atom stereocenters. The Morgan fingerprint density at radius 1 is 1.03 bits per heavy atom. The number of carbonyl (C=O) groups excluding carboxylic acids is 1. The van der Waals surface area contributed by atoms with Gasteiger partial charge in [-0.3, -0.25) is 9.78 Å². The van der Waals surface area contributed by atoms with E-state index in [4.69, 9.17) is 15.5 Å². The highest BCUT2D eigenvalue weighted by atomic mass is 16.5.